The van der Waals surface area contributed by atoms with E-state index in [4.69, 9.17) is 5.73 Å². The summed E-state index contributed by atoms with van der Waals surface area (Å²) in [6.07, 6.45) is 4.11. The van der Waals surface area contributed by atoms with Crippen molar-refractivity contribution in [3.05, 3.63) is 71.3 Å². The fourth-order valence-corrected chi connectivity index (χ4v) is 1.81. The predicted molar refractivity (Wildman–Crippen MR) is 81.6 cm³/mol. The number of nitrogens with one attached hydrogen (secondary N) is 1. The van der Waals surface area contributed by atoms with Crippen molar-refractivity contribution in [3.8, 4) is 0 Å². The third-order valence-corrected chi connectivity index (χ3v) is 2.72. The zero-order chi connectivity index (χ0) is 13.5. The second-order valence-corrected chi connectivity index (χ2v) is 4.05. The average molecular weight is 251 g/mol. The molecule has 0 aromatic heterocycles. The van der Waals surface area contributed by atoms with Crippen LogP contribution >= 0.6 is 0 Å². The van der Waals surface area contributed by atoms with Gasteiger partial charge >= 0.3 is 0 Å². The van der Waals surface area contributed by atoms with E-state index in [1.54, 1.807) is 7.05 Å². The van der Waals surface area contributed by atoms with Gasteiger partial charge in [0.2, 0.25) is 0 Å². The summed E-state index contributed by atoms with van der Waals surface area (Å²) in [5.74, 6) is 0.482. The summed E-state index contributed by atoms with van der Waals surface area (Å²) < 4.78 is 0. The Bertz CT molecular complexity index is 586. The molecule has 0 spiro atoms. The number of hydrazone groups is 1. The lowest BCUT2D eigenvalue weighted by molar-refractivity contribution is 0.898. The highest BCUT2D eigenvalue weighted by molar-refractivity contribution is 6.01. The second-order valence-electron chi connectivity index (χ2n) is 4.05. The molecule has 0 heterocycles. The Morgan fingerprint density at radius 1 is 1.00 bits per heavy atom. The van der Waals surface area contributed by atoms with Gasteiger partial charge in [-0.2, -0.15) is 5.10 Å². The molecule has 0 radical (unpaired) electrons. The molecule has 3 heteroatoms. The molecule has 2 rings (SSSR count). The Labute approximate surface area is 113 Å². The van der Waals surface area contributed by atoms with Gasteiger partial charge in [0.25, 0.3) is 0 Å². The fourth-order valence-electron chi connectivity index (χ4n) is 1.81. The Morgan fingerprint density at radius 2 is 1.68 bits per heavy atom. The Morgan fingerprint density at radius 3 is 2.42 bits per heavy atom. The van der Waals surface area contributed by atoms with Gasteiger partial charge in [-0.05, 0) is 11.1 Å². The van der Waals surface area contributed by atoms with Crippen molar-refractivity contribution in [1.82, 2.24) is 5.43 Å². The van der Waals surface area contributed by atoms with E-state index in [0.29, 0.717) is 5.84 Å². The summed E-state index contributed by atoms with van der Waals surface area (Å²) in [5, 5.41) is 4.02. The molecule has 0 atom stereocenters. The summed E-state index contributed by atoms with van der Waals surface area (Å²) in [7, 11) is 1.73. The number of hydrogen-bond acceptors (Lipinski definition) is 2. The molecular formula is C16H17N3. The molecule has 96 valence electrons. The van der Waals surface area contributed by atoms with Crippen LogP contribution in [0.1, 0.15) is 16.7 Å². The molecule has 2 aromatic carbocycles. The maximum atomic E-state index is 5.93. The highest BCUT2D eigenvalue weighted by atomic mass is 15.3. The van der Waals surface area contributed by atoms with Crippen LogP contribution in [0.3, 0.4) is 0 Å². The van der Waals surface area contributed by atoms with Gasteiger partial charge in [0, 0.05) is 12.6 Å². The SMILES string of the molecule is CN/N=C(\N)c1ccccc1/C=C/c1ccccc1. The second kappa shape index (κ2) is 6.40. The van der Waals surface area contributed by atoms with E-state index in [1.807, 2.05) is 48.5 Å². The molecule has 0 unspecified atom stereocenters. The molecule has 0 bridgehead atoms. The third-order valence-electron chi connectivity index (χ3n) is 2.72. The normalized spacial score (nSPS) is 11.7. The van der Waals surface area contributed by atoms with Crippen LogP contribution in [0.5, 0.6) is 0 Å². The molecule has 19 heavy (non-hydrogen) atoms. The first-order chi connectivity index (χ1) is 9.31. The van der Waals surface area contributed by atoms with Gasteiger partial charge in [-0.1, -0.05) is 66.7 Å². The van der Waals surface area contributed by atoms with E-state index >= 15 is 0 Å². The number of benzene rings is 2. The van der Waals surface area contributed by atoms with Gasteiger partial charge < -0.3 is 11.2 Å². The number of rotatable bonds is 4. The van der Waals surface area contributed by atoms with E-state index < -0.39 is 0 Å². The van der Waals surface area contributed by atoms with Crippen LogP contribution in [-0.4, -0.2) is 12.9 Å². The molecule has 3 N–H and O–H groups in total. The summed E-state index contributed by atoms with van der Waals surface area (Å²) in [4.78, 5) is 0. The van der Waals surface area contributed by atoms with Crippen LogP contribution < -0.4 is 11.2 Å². The van der Waals surface area contributed by atoms with E-state index in [9.17, 15) is 0 Å². The minimum atomic E-state index is 0.482. The number of nitrogens with zero attached hydrogens (tertiary/aromatic N) is 1. The minimum absolute atomic E-state index is 0.482. The highest BCUT2D eigenvalue weighted by Gasteiger charge is 2.02. The highest BCUT2D eigenvalue weighted by Crippen LogP contribution is 2.13. The number of amidine groups is 1. The van der Waals surface area contributed by atoms with Crippen molar-refractivity contribution in [1.29, 1.82) is 0 Å². The lowest BCUT2D eigenvalue weighted by Gasteiger charge is -2.05. The summed E-state index contributed by atoms with van der Waals surface area (Å²) >= 11 is 0. The standard InChI is InChI=1S/C16H17N3/c1-18-19-16(17)15-10-6-5-9-14(15)12-11-13-7-3-2-4-8-13/h2-12,18H,1H3,(H2,17,19)/b12-11+. The largest absolute Gasteiger partial charge is 0.382 e. The molecular weight excluding hydrogens is 234 g/mol. The van der Waals surface area contributed by atoms with Crippen LogP contribution in [0.25, 0.3) is 12.2 Å². The quantitative estimate of drug-likeness (QED) is 0.380. The van der Waals surface area contributed by atoms with Gasteiger partial charge in [-0.15, -0.1) is 0 Å². The molecule has 2 aromatic rings. The van der Waals surface area contributed by atoms with Gasteiger partial charge in [0.15, 0.2) is 5.84 Å². The van der Waals surface area contributed by atoms with Gasteiger partial charge in [0.1, 0.15) is 0 Å². The van der Waals surface area contributed by atoms with E-state index in [1.165, 1.54) is 0 Å². The maximum absolute atomic E-state index is 5.93. The Kier molecular flexibility index (Phi) is 4.34. The van der Waals surface area contributed by atoms with Gasteiger partial charge in [0.05, 0.1) is 0 Å². The number of nitrogens with two attached hydrogens (primary N) is 1. The topological polar surface area (TPSA) is 50.4 Å². The molecule has 0 aliphatic heterocycles. The molecule has 3 nitrogen and oxygen atoms in total. The fraction of sp³-hybridized carbons (Fsp3) is 0.0625. The van der Waals surface area contributed by atoms with Crippen molar-refractivity contribution < 1.29 is 0 Å². The van der Waals surface area contributed by atoms with E-state index in [-0.39, 0.29) is 0 Å². The first-order valence-electron chi connectivity index (χ1n) is 6.13. The summed E-state index contributed by atoms with van der Waals surface area (Å²) in [6.45, 7) is 0. The molecule has 0 saturated heterocycles. The van der Waals surface area contributed by atoms with Crippen LogP contribution in [0.15, 0.2) is 59.7 Å². The van der Waals surface area contributed by atoms with Crippen molar-refractivity contribution in [2.45, 2.75) is 0 Å². The van der Waals surface area contributed by atoms with Crippen molar-refractivity contribution >= 4 is 18.0 Å². The Balaban J connectivity index is 2.31. The first kappa shape index (κ1) is 12.9. The monoisotopic (exact) mass is 251 g/mol. The smallest absolute Gasteiger partial charge is 0.151 e. The molecule has 0 fully saturated rings. The summed E-state index contributed by atoms with van der Waals surface area (Å²) in [6, 6.07) is 18.1. The molecule has 0 aliphatic rings. The van der Waals surface area contributed by atoms with Crippen LogP contribution in [-0.2, 0) is 0 Å². The molecule has 0 amide bonds. The van der Waals surface area contributed by atoms with Crippen LogP contribution in [0.2, 0.25) is 0 Å². The predicted octanol–water partition coefficient (Wildman–Crippen LogP) is 2.70. The zero-order valence-electron chi connectivity index (χ0n) is 10.9. The average Bonchev–Trinajstić information content (AvgIpc) is 2.47. The lowest BCUT2D eigenvalue weighted by atomic mass is 10.1. The van der Waals surface area contributed by atoms with Crippen molar-refractivity contribution in [2.24, 2.45) is 10.8 Å². The maximum Gasteiger partial charge on any atom is 0.151 e. The third kappa shape index (κ3) is 3.45. The summed E-state index contributed by atoms with van der Waals surface area (Å²) in [5.41, 5.74) is 11.8. The van der Waals surface area contributed by atoms with Crippen molar-refractivity contribution in [3.63, 3.8) is 0 Å². The van der Waals surface area contributed by atoms with Crippen LogP contribution in [0, 0.1) is 0 Å². The first-order valence-corrected chi connectivity index (χ1v) is 6.13. The van der Waals surface area contributed by atoms with Gasteiger partial charge in [-0.3, -0.25) is 0 Å². The lowest BCUT2D eigenvalue weighted by Crippen LogP contribution is -2.18. The molecule has 0 aliphatic carbocycles. The van der Waals surface area contributed by atoms with E-state index in [2.05, 4.69) is 28.7 Å². The van der Waals surface area contributed by atoms with Crippen LogP contribution in [0.4, 0.5) is 0 Å². The number of hydrogen-bond donors (Lipinski definition) is 2. The zero-order valence-corrected chi connectivity index (χ0v) is 10.9. The van der Waals surface area contributed by atoms with Gasteiger partial charge in [-0.25, -0.2) is 0 Å². The minimum Gasteiger partial charge on any atom is -0.382 e. The molecule has 0 saturated carbocycles. The van der Waals surface area contributed by atoms with Crippen molar-refractivity contribution in [2.75, 3.05) is 7.05 Å². The van der Waals surface area contributed by atoms with E-state index in [0.717, 1.165) is 16.7 Å². The Hall–Kier alpha value is -2.55.